The number of nitrogens with two attached hydrogens (primary N) is 1. The number of nitriles is 1. The Kier molecular flexibility index (Phi) is 5.75. The smallest absolute Gasteiger partial charge is 0.132 e. The summed E-state index contributed by atoms with van der Waals surface area (Å²) in [6.07, 6.45) is 12.9. The highest BCUT2D eigenvalue weighted by Crippen LogP contribution is 2.23. The molecule has 0 radical (unpaired) electrons. The van der Waals surface area contributed by atoms with E-state index in [9.17, 15) is 0 Å². The lowest BCUT2D eigenvalue weighted by atomic mass is 10.0. The normalized spacial score (nSPS) is 21.6. The van der Waals surface area contributed by atoms with E-state index in [0.29, 0.717) is 24.6 Å². The maximum atomic E-state index is 8.84. The van der Waals surface area contributed by atoms with Gasteiger partial charge in [-0.05, 0) is 35.8 Å². The van der Waals surface area contributed by atoms with Gasteiger partial charge in [-0.3, -0.25) is 4.99 Å². The van der Waals surface area contributed by atoms with Crippen LogP contribution in [0.25, 0.3) is 0 Å². The van der Waals surface area contributed by atoms with Crippen LogP contribution in [0.1, 0.15) is 20.3 Å². The number of nitrogens with one attached hydrogen (secondary N) is 3. The standard InChI is InChI=1S/C20H24N8/c1-13(2)14(9-22)7-19(23)27-20-4-3-17-18(26-20)8-16(10-24-17)28-11-15(5-6-21)25-12-28/h3-4,7-10,12-13,15,22,24,26H,5,11H2,1-2H3,(H2,23,27). The minimum atomic E-state index is 0.0104. The van der Waals surface area contributed by atoms with Gasteiger partial charge in [-0.2, -0.15) is 5.26 Å². The molecule has 144 valence electrons. The summed E-state index contributed by atoms with van der Waals surface area (Å²) in [7, 11) is 0. The Labute approximate surface area is 164 Å². The van der Waals surface area contributed by atoms with Gasteiger partial charge in [-0.25, -0.2) is 4.99 Å². The predicted octanol–water partition coefficient (Wildman–Crippen LogP) is 1.86. The molecular formula is C20H24N8. The number of dihydropyridines is 2. The molecule has 28 heavy (non-hydrogen) atoms. The third-order valence-electron chi connectivity index (χ3n) is 4.51. The first-order chi connectivity index (χ1) is 13.5. The number of rotatable bonds is 6. The van der Waals surface area contributed by atoms with Gasteiger partial charge in [0.25, 0.3) is 0 Å². The number of hydrogen-bond acceptors (Lipinski definition) is 7. The van der Waals surface area contributed by atoms with Crippen LogP contribution >= 0.6 is 0 Å². The highest BCUT2D eigenvalue weighted by Gasteiger charge is 2.22. The van der Waals surface area contributed by atoms with Gasteiger partial charge >= 0.3 is 0 Å². The third kappa shape index (κ3) is 4.38. The van der Waals surface area contributed by atoms with Crippen LogP contribution in [0.4, 0.5) is 0 Å². The minimum absolute atomic E-state index is 0.0104. The van der Waals surface area contributed by atoms with Crippen LogP contribution in [0.15, 0.2) is 69.0 Å². The summed E-state index contributed by atoms with van der Waals surface area (Å²) in [5.74, 6) is 1.17. The zero-order valence-electron chi connectivity index (χ0n) is 16.0. The van der Waals surface area contributed by atoms with Crippen molar-refractivity contribution in [2.45, 2.75) is 26.3 Å². The topological polar surface area (TPSA) is 126 Å². The first-order valence-electron chi connectivity index (χ1n) is 9.11. The van der Waals surface area contributed by atoms with Gasteiger partial charge in [0.15, 0.2) is 0 Å². The molecule has 3 heterocycles. The molecule has 0 amide bonds. The molecule has 1 atom stereocenters. The summed E-state index contributed by atoms with van der Waals surface area (Å²) in [6.45, 7) is 4.70. The number of hydrogen-bond donors (Lipinski definition) is 4. The van der Waals surface area contributed by atoms with Crippen LogP contribution in [0.5, 0.6) is 0 Å². The lowest BCUT2D eigenvalue weighted by Gasteiger charge is -2.26. The molecule has 1 unspecified atom stereocenters. The number of amidine groups is 1. The van der Waals surface area contributed by atoms with E-state index in [2.05, 4.69) is 26.7 Å². The van der Waals surface area contributed by atoms with Gasteiger partial charge in [0, 0.05) is 19.0 Å². The van der Waals surface area contributed by atoms with Gasteiger partial charge < -0.3 is 26.7 Å². The second-order valence-corrected chi connectivity index (χ2v) is 6.94. The van der Waals surface area contributed by atoms with E-state index >= 15 is 0 Å². The Morgan fingerprint density at radius 2 is 2.32 bits per heavy atom. The van der Waals surface area contributed by atoms with Crippen molar-refractivity contribution in [1.82, 2.24) is 15.5 Å². The van der Waals surface area contributed by atoms with Gasteiger partial charge in [0.2, 0.25) is 0 Å². The first kappa shape index (κ1) is 19.2. The molecule has 8 nitrogen and oxygen atoms in total. The molecule has 0 aliphatic carbocycles. The summed E-state index contributed by atoms with van der Waals surface area (Å²) in [5.41, 5.74) is 9.61. The summed E-state index contributed by atoms with van der Waals surface area (Å²) in [6, 6.07) is 2.17. The Hall–Kier alpha value is -3.60. The Morgan fingerprint density at radius 3 is 3.04 bits per heavy atom. The van der Waals surface area contributed by atoms with Crippen molar-refractivity contribution >= 4 is 18.4 Å². The van der Waals surface area contributed by atoms with E-state index in [1.54, 1.807) is 12.4 Å². The molecule has 0 aromatic rings. The summed E-state index contributed by atoms with van der Waals surface area (Å²) in [5, 5.41) is 22.8. The van der Waals surface area contributed by atoms with Crippen LogP contribution in [0, 0.1) is 22.7 Å². The molecule has 3 rings (SSSR count). The van der Waals surface area contributed by atoms with Gasteiger partial charge in [0.05, 0.1) is 42.0 Å². The number of aliphatic imine (C=N–C) groups is 2. The van der Waals surface area contributed by atoms with Crippen LogP contribution in [-0.4, -0.2) is 35.9 Å². The molecule has 5 N–H and O–H groups in total. The molecule has 3 aliphatic rings. The first-order valence-corrected chi connectivity index (χ1v) is 9.11. The zero-order chi connectivity index (χ0) is 20.1. The minimum Gasteiger partial charge on any atom is -0.384 e. The van der Waals surface area contributed by atoms with E-state index < -0.39 is 0 Å². The van der Waals surface area contributed by atoms with Crippen molar-refractivity contribution in [3.63, 3.8) is 0 Å². The molecule has 3 aliphatic heterocycles. The van der Waals surface area contributed by atoms with E-state index in [-0.39, 0.29) is 12.0 Å². The van der Waals surface area contributed by atoms with E-state index in [1.165, 1.54) is 6.21 Å². The van der Waals surface area contributed by atoms with Crippen molar-refractivity contribution < 1.29 is 0 Å². The second-order valence-electron chi connectivity index (χ2n) is 6.94. The average molecular weight is 376 g/mol. The van der Waals surface area contributed by atoms with Gasteiger partial charge in [0.1, 0.15) is 11.7 Å². The van der Waals surface area contributed by atoms with Crippen molar-refractivity contribution in [3.8, 4) is 6.07 Å². The molecule has 0 aromatic heterocycles. The van der Waals surface area contributed by atoms with Crippen molar-refractivity contribution in [2.24, 2.45) is 21.6 Å². The lowest BCUT2D eigenvalue weighted by Crippen LogP contribution is -2.31. The highest BCUT2D eigenvalue weighted by molar-refractivity contribution is 5.97. The maximum absolute atomic E-state index is 8.84. The second kappa shape index (κ2) is 8.39. The quantitative estimate of drug-likeness (QED) is 0.416. The van der Waals surface area contributed by atoms with Crippen LogP contribution in [0.2, 0.25) is 0 Å². The highest BCUT2D eigenvalue weighted by atomic mass is 15.2. The molecule has 0 saturated heterocycles. The molecule has 8 heteroatoms. The molecule has 0 saturated carbocycles. The average Bonchev–Trinajstić information content (AvgIpc) is 3.14. The fourth-order valence-corrected chi connectivity index (χ4v) is 2.92. The fraction of sp³-hybridized carbons (Fsp3) is 0.300. The Balaban J connectivity index is 1.72. The fourth-order valence-electron chi connectivity index (χ4n) is 2.92. The van der Waals surface area contributed by atoms with Gasteiger partial charge in [-0.15, -0.1) is 0 Å². The third-order valence-corrected chi connectivity index (χ3v) is 4.51. The van der Waals surface area contributed by atoms with E-state index in [1.807, 2.05) is 43.2 Å². The van der Waals surface area contributed by atoms with Gasteiger partial charge in [-0.1, -0.05) is 13.8 Å². The lowest BCUT2D eigenvalue weighted by molar-refractivity contribution is 0.519. The van der Waals surface area contributed by atoms with E-state index in [0.717, 1.165) is 22.7 Å². The molecule has 0 bridgehead atoms. The van der Waals surface area contributed by atoms with Crippen LogP contribution in [-0.2, 0) is 0 Å². The van der Waals surface area contributed by atoms with Crippen LogP contribution in [0.3, 0.4) is 0 Å². The molecule has 0 fully saturated rings. The molecule has 0 aromatic carbocycles. The summed E-state index contributed by atoms with van der Waals surface area (Å²) in [4.78, 5) is 10.8. The SMILES string of the molecule is CC(C)C(C=N)=CC(N)=NC1=CC=C2NC=C(N3C=NC(CC#N)C3)C=C2N1. The van der Waals surface area contributed by atoms with Crippen molar-refractivity contribution in [2.75, 3.05) is 6.54 Å². The zero-order valence-corrected chi connectivity index (χ0v) is 16.0. The van der Waals surface area contributed by atoms with Crippen LogP contribution < -0.4 is 16.4 Å². The Bertz CT molecular complexity index is 905. The summed E-state index contributed by atoms with van der Waals surface area (Å²) < 4.78 is 0. The molecule has 0 spiro atoms. The number of allylic oxidation sites excluding steroid dienone is 4. The molecular weight excluding hydrogens is 352 g/mol. The summed E-state index contributed by atoms with van der Waals surface area (Å²) >= 11 is 0. The van der Waals surface area contributed by atoms with E-state index in [4.69, 9.17) is 16.4 Å². The largest absolute Gasteiger partial charge is 0.384 e. The monoisotopic (exact) mass is 376 g/mol. The Morgan fingerprint density at radius 1 is 1.50 bits per heavy atom. The number of fused-ring (bicyclic) bond motifs is 1. The number of nitrogens with zero attached hydrogens (tertiary/aromatic N) is 4. The van der Waals surface area contributed by atoms with Crippen molar-refractivity contribution in [3.05, 3.63) is 59.0 Å². The maximum Gasteiger partial charge on any atom is 0.132 e. The predicted molar refractivity (Wildman–Crippen MR) is 111 cm³/mol. The van der Waals surface area contributed by atoms with Crippen molar-refractivity contribution in [1.29, 1.82) is 10.7 Å².